The summed E-state index contributed by atoms with van der Waals surface area (Å²) in [6.07, 6.45) is 1.65. The van der Waals surface area contributed by atoms with E-state index in [4.69, 9.17) is 5.11 Å². The van der Waals surface area contributed by atoms with Crippen molar-refractivity contribution in [1.29, 1.82) is 0 Å². The molecule has 0 aliphatic carbocycles. The molecule has 12 heavy (non-hydrogen) atoms. The van der Waals surface area contributed by atoms with Gasteiger partial charge in [-0.2, -0.15) is 0 Å². The summed E-state index contributed by atoms with van der Waals surface area (Å²) in [7, 11) is 0. The third-order valence-electron chi connectivity index (χ3n) is 1.50. The number of nitrogens with zero attached hydrogens (tertiary/aromatic N) is 1. The fraction of sp³-hybridized carbons (Fsp3) is 0. The molecular formula is C8H5NO2S. The molecule has 2 aromatic heterocycles. The maximum Gasteiger partial charge on any atom is 0.345 e. The molecule has 0 unspecified atom stereocenters. The zero-order valence-corrected chi connectivity index (χ0v) is 6.84. The lowest BCUT2D eigenvalue weighted by Gasteiger charge is -1.81. The second-order valence-corrected chi connectivity index (χ2v) is 3.39. The maximum absolute atomic E-state index is 10.6. The smallest absolute Gasteiger partial charge is 0.345 e. The number of aromatic carboxylic acids is 1. The van der Waals surface area contributed by atoms with Gasteiger partial charge in [0, 0.05) is 6.20 Å². The highest BCUT2D eigenvalue weighted by Gasteiger charge is 2.07. The molecule has 0 atom stereocenters. The van der Waals surface area contributed by atoms with E-state index in [0.29, 0.717) is 4.88 Å². The molecule has 60 valence electrons. The minimum Gasteiger partial charge on any atom is -0.477 e. The van der Waals surface area contributed by atoms with Gasteiger partial charge in [-0.3, -0.25) is 4.98 Å². The Morgan fingerprint density at radius 3 is 3.08 bits per heavy atom. The van der Waals surface area contributed by atoms with Crippen molar-refractivity contribution in [2.24, 2.45) is 0 Å². The van der Waals surface area contributed by atoms with E-state index in [1.807, 2.05) is 6.07 Å². The Hall–Kier alpha value is -1.42. The number of pyridine rings is 1. The van der Waals surface area contributed by atoms with E-state index in [0.717, 1.165) is 10.2 Å². The standard InChI is InChI=1S/C8H5NO2S/c10-8(11)7-4-5-6(12-7)2-1-3-9-5/h1-4H,(H,10,11). The first-order valence-electron chi connectivity index (χ1n) is 3.35. The van der Waals surface area contributed by atoms with Crippen molar-refractivity contribution in [3.8, 4) is 0 Å². The molecule has 0 fully saturated rings. The summed E-state index contributed by atoms with van der Waals surface area (Å²) in [5.74, 6) is -0.891. The van der Waals surface area contributed by atoms with Crippen LogP contribution in [-0.2, 0) is 0 Å². The summed E-state index contributed by atoms with van der Waals surface area (Å²) in [5, 5.41) is 8.67. The number of rotatable bonds is 1. The van der Waals surface area contributed by atoms with Gasteiger partial charge in [-0.1, -0.05) is 0 Å². The van der Waals surface area contributed by atoms with Gasteiger partial charge < -0.3 is 5.11 Å². The highest BCUT2D eigenvalue weighted by Crippen LogP contribution is 2.22. The van der Waals surface area contributed by atoms with Gasteiger partial charge >= 0.3 is 5.97 Å². The first-order valence-corrected chi connectivity index (χ1v) is 4.17. The molecule has 0 radical (unpaired) electrons. The Labute approximate surface area is 72.3 Å². The van der Waals surface area contributed by atoms with Crippen LogP contribution < -0.4 is 0 Å². The van der Waals surface area contributed by atoms with Gasteiger partial charge in [-0.25, -0.2) is 4.79 Å². The van der Waals surface area contributed by atoms with Gasteiger partial charge in [-0.05, 0) is 18.2 Å². The minimum atomic E-state index is -0.891. The Balaban J connectivity index is 2.70. The highest BCUT2D eigenvalue weighted by molar-refractivity contribution is 7.20. The van der Waals surface area contributed by atoms with Gasteiger partial charge in [-0.15, -0.1) is 11.3 Å². The molecule has 0 saturated carbocycles. The predicted molar refractivity (Wildman–Crippen MR) is 46.6 cm³/mol. The molecule has 0 saturated heterocycles. The minimum absolute atomic E-state index is 0.337. The van der Waals surface area contributed by atoms with E-state index >= 15 is 0 Å². The third-order valence-corrected chi connectivity index (χ3v) is 2.58. The lowest BCUT2D eigenvalue weighted by Crippen LogP contribution is -1.89. The van der Waals surface area contributed by atoms with Crippen molar-refractivity contribution >= 4 is 27.5 Å². The number of aromatic nitrogens is 1. The van der Waals surface area contributed by atoms with E-state index in [2.05, 4.69) is 4.98 Å². The predicted octanol–water partition coefficient (Wildman–Crippen LogP) is 1.99. The van der Waals surface area contributed by atoms with Crippen LogP contribution in [0.3, 0.4) is 0 Å². The molecule has 0 aliphatic heterocycles. The van der Waals surface area contributed by atoms with Crippen LogP contribution in [0.5, 0.6) is 0 Å². The van der Waals surface area contributed by atoms with Crippen LogP contribution in [0.1, 0.15) is 9.67 Å². The SMILES string of the molecule is O=C(O)c1cc2ncccc2s1. The lowest BCUT2D eigenvalue weighted by atomic mass is 10.4. The molecule has 2 rings (SSSR count). The highest BCUT2D eigenvalue weighted by atomic mass is 32.1. The second-order valence-electron chi connectivity index (χ2n) is 2.30. The first kappa shape index (κ1) is 7.24. The maximum atomic E-state index is 10.6. The molecule has 4 heteroatoms. The average molecular weight is 179 g/mol. The fourth-order valence-corrected chi connectivity index (χ4v) is 1.83. The molecular weight excluding hydrogens is 174 g/mol. The van der Waals surface area contributed by atoms with Crippen LogP contribution >= 0.6 is 11.3 Å². The lowest BCUT2D eigenvalue weighted by molar-refractivity contribution is 0.0702. The summed E-state index contributed by atoms with van der Waals surface area (Å²) in [4.78, 5) is 14.9. The largest absolute Gasteiger partial charge is 0.477 e. The van der Waals surface area contributed by atoms with Crippen molar-refractivity contribution in [2.45, 2.75) is 0 Å². The number of thiophene rings is 1. The van der Waals surface area contributed by atoms with E-state index in [-0.39, 0.29) is 0 Å². The van der Waals surface area contributed by atoms with Crippen molar-refractivity contribution in [3.63, 3.8) is 0 Å². The van der Waals surface area contributed by atoms with E-state index < -0.39 is 5.97 Å². The monoisotopic (exact) mass is 179 g/mol. The van der Waals surface area contributed by atoms with Gasteiger partial charge in [0.05, 0.1) is 10.2 Å². The molecule has 3 nitrogen and oxygen atoms in total. The summed E-state index contributed by atoms with van der Waals surface area (Å²) in [6.45, 7) is 0. The van der Waals surface area contributed by atoms with Crippen molar-refractivity contribution in [1.82, 2.24) is 4.98 Å². The summed E-state index contributed by atoms with van der Waals surface area (Å²) < 4.78 is 0.912. The zero-order valence-electron chi connectivity index (χ0n) is 6.02. The molecule has 1 N–H and O–H groups in total. The molecule has 2 aromatic rings. The average Bonchev–Trinajstić information content (AvgIpc) is 2.46. The Bertz CT molecular complexity index is 402. The van der Waals surface area contributed by atoms with E-state index in [1.165, 1.54) is 11.3 Å². The number of carboxylic acids is 1. The first-order chi connectivity index (χ1) is 5.77. The Morgan fingerprint density at radius 1 is 1.58 bits per heavy atom. The normalized spacial score (nSPS) is 10.3. The number of carbonyl (C=O) groups is 1. The van der Waals surface area contributed by atoms with Crippen molar-refractivity contribution < 1.29 is 9.90 Å². The van der Waals surface area contributed by atoms with Crippen LogP contribution in [0, 0.1) is 0 Å². The van der Waals surface area contributed by atoms with Crippen LogP contribution in [0.15, 0.2) is 24.4 Å². The van der Waals surface area contributed by atoms with Gasteiger partial charge in [0.1, 0.15) is 4.88 Å². The van der Waals surface area contributed by atoms with Crippen LogP contribution in [0.25, 0.3) is 10.2 Å². The quantitative estimate of drug-likeness (QED) is 0.728. The summed E-state index contributed by atoms with van der Waals surface area (Å²) in [6, 6.07) is 5.24. The molecule has 0 spiro atoms. The topological polar surface area (TPSA) is 50.2 Å². The second kappa shape index (κ2) is 2.57. The summed E-state index contributed by atoms with van der Waals surface area (Å²) in [5.41, 5.74) is 0.750. The van der Waals surface area contributed by atoms with Crippen LogP contribution in [0.4, 0.5) is 0 Å². The van der Waals surface area contributed by atoms with Crippen molar-refractivity contribution in [3.05, 3.63) is 29.3 Å². The third kappa shape index (κ3) is 1.06. The van der Waals surface area contributed by atoms with Crippen LogP contribution in [-0.4, -0.2) is 16.1 Å². The Morgan fingerprint density at radius 2 is 2.42 bits per heavy atom. The zero-order chi connectivity index (χ0) is 8.55. The number of hydrogen-bond acceptors (Lipinski definition) is 3. The molecule has 0 amide bonds. The van der Waals surface area contributed by atoms with E-state index in [1.54, 1.807) is 18.3 Å². The molecule has 0 bridgehead atoms. The molecule has 0 aromatic carbocycles. The van der Waals surface area contributed by atoms with Gasteiger partial charge in [0.15, 0.2) is 0 Å². The van der Waals surface area contributed by atoms with Gasteiger partial charge in [0.2, 0.25) is 0 Å². The molecule has 0 aliphatic rings. The molecule has 2 heterocycles. The summed E-state index contributed by atoms with van der Waals surface area (Å²) >= 11 is 1.24. The number of carboxylic acid groups (broad SMARTS) is 1. The van der Waals surface area contributed by atoms with Crippen LogP contribution in [0.2, 0.25) is 0 Å². The van der Waals surface area contributed by atoms with Gasteiger partial charge in [0.25, 0.3) is 0 Å². The fourth-order valence-electron chi connectivity index (χ4n) is 0.975. The van der Waals surface area contributed by atoms with Crippen molar-refractivity contribution in [2.75, 3.05) is 0 Å². The van der Waals surface area contributed by atoms with E-state index in [9.17, 15) is 4.79 Å². The number of fused-ring (bicyclic) bond motifs is 1. The Kier molecular flexibility index (Phi) is 1.55. The number of hydrogen-bond donors (Lipinski definition) is 1.